The number of ether oxygens (including phenoxy) is 1. The van der Waals surface area contributed by atoms with Crippen molar-refractivity contribution >= 4 is 34.8 Å². The zero-order valence-electron chi connectivity index (χ0n) is 44.7. The molecule has 4 aromatic heterocycles. The highest BCUT2D eigenvalue weighted by Gasteiger charge is 2.50. The van der Waals surface area contributed by atoms with E-state index in [1.54, 1.807) is 0 Å². The number of ketones is 2. The number of nitrogens with zero attached hydrogens (tertiary/aromatic N) is 4. The van der Waals surface area contributed by atoms with Crippen LogP contribution in [0.3, 0.4) is 0 Å². The number of aliphatic hydroxyl groups excluding tert-OH is 1. The molecule has 24 heteroatoms. The molecule has 0 aliphatic rings. The van der Waals surface area contributed by atoms with Crippen LogP contribution in [0, 0.1) is 22.5 Å². The van der Waals surface area contributed by atoms with Gasteiger partial charge in [-0.05, 0) is 66.6 Å². The molecule has 7 rings (SSSR count). The van der Waals surface area contributed by atoms with Crippen molar-refractivity contribution < 1.29 is 81.4 Å². The van der Waals surface area contributed by atoms with Gasteiger partial charge in [-0.15, -0.1) is 0 Å². The highest BCUT2D eigenvalue weighted by atomic mass is 35.5. The van der Waals surface area contributed by atoms with Crippen molar-refractivity contribution in [2.24, 2.45) is 10.8 Å². The number of aromatic nitrogens is 4. The normalized spacial score (nSPS) is 13.2. The summed E-state index contributed by atoms with van der Waals surface area (Å²) < 4.78 is 171. The van der Waals surface area contributed by atoms with Crippen LogP contribution in [-0.2, 0) is 45.6 Å². The molecule has 0 radical (unpaired) electrons. The first kappa shape index (κ1) is 63.8. The Bertz CT molecular complexity index is 3200. The van der Waals surface area contributed by atoms with Crippen LogP contribution in [0.5, 0.6) is 0 Å². The molecule has 0 saturated heterocycles. The lowest BCUT2D eigenvalue weighted by Gasteiger charge is -2.27. The van der Waals surface area contributed by atoms with Crippen LogP contribution < -0.4 is 0 Å². The number of halogens is 12. The molecule has 0 aliphatic carbocycles. The van der Waals surface area contributed by atoms with Gasteiger partial charge in [0.2, 0.25) is 11.5 Å². The van der Waals surface area contributed by atoms with Gasteiger partial charge in [0.05, 0.1) is 29.1 Å². The van der Waals surface area contributed by atoms with Crippen molar-refractivity contribution in [1.82, 2.24) is 20.6 Å². The lowest BCUT2D eigenvalue weighted by atomic mass is 9.86. The standard InChI is InChI=1S/C32H32ClF5N2O4.C25H26ClF5N2O4/c1-31(2,3)32(37,38)26-17-25(39-43-26)29-27(30(35)36)28(40-44-29)21(10-7-13-42-18-19-8-5-4-6-9-19)15-23(41)14-20-11-12-22(33)16-24(20)34;1-24(2,3)25(30,31)19-12-18(32-36-19)22-20(23(28)29)21(33-37-22)14(5-4-8-34)10-16(35)9-13-6-7-15(26)11-17(13)27/h4-6,8-9,11-12,16-17,21,30H,7,10,13-15,18H2,1-3H3;6-7,11-12,14,23,34H,4-5,8-10H2,1-3H3/t21-;14-/m00/s1. The Morgan fingerprint density at radius 1 is 0.593 bits per heavy atom. The Kier molecular flexibility index (Phi) is 21.4. The number of carbonyl (C=O) groups excluding carboxylic acids is 2. The van der Waals surface area contributed by atoms with Crippen molar-refractivity contribution in [3.8, 4) is 22.9 Å². The summed E-state index contributed by atoms with van der Waals surface area (Å²) in [5.41, 5.74) is -4.59. The van der Waals surface area contributed by atoms with Crippen LogP contribution >= 0.6 is 23.2 Å². The molecule has 438 valence electrons. The Labute approximate surface area is 469 Å². The van der Waals surface area contributed by atoms with Gasteiger partial charge < -0.3 is 27.9 Å². The molecule has 81 heavy (non-hydrogen) atoms. The third-order valence-electron chi connectivity index (χ3n) is 13.1. The third-order valence-corrected chi connectivity index (χ3v) is 13.6. The van der Waals surface area contributed by atoms with Gasteiger partial charge in [-0.25, -0.2) is 26.3 Å². The predicted octanol–water partition coefficient (Wildman–Crippen LogP) is 16.7. The van der Waals surface area contributed by atoms with Crippen molar-refractivity contribution in [3.05, 3.63) is 151 Å². The molecule has 0 bridgehead atoms. The van der Waals surface area contributed by atoms with Crippen molar-refractivity contribution in [2.45, 2.75) is 136 Å². The fourth-order valence-electron chi connectivity index (χ4n) is 8.45. The molecule has 2 atom stereocenters. The van der Waals surface area contributed by atoms with E-state index in [9.17, 15) is 58.6 Å². The maximum absolute atomic E-state index is 14.9. The molecule has 0 fully saturated rings. The van der Waals surface area contributed by atoms with Crippen LogP contribution in [0.1, 0.15) is 155 Å². The minimum absolute atomic E-state index is 0.0835. The summed E-state index contributed by atoms with van der Waals surface area (Å²) in [7, 11) is 0. The van der Waals surface area contributed by atoms with E-state index in [-0.39, 0.29) is 96.4 Å². The average Bonchev–Trinajstić information content (AvgIpc) is 4.26. The van der Waals surface area contributed by atoms with E-state index in [1.807, 2.05) is 30.3 Å². The number of Topliss-reactive ketones (excluding diaryl/α,β-unsaturated/α-hetero) is 2. The number of rotatable bonds is 25. The van der Waals surface area contributed by atoms with Gasteiger partial charge in [0.15, 0.2) is 22.9 Å². The van der Waals surface area contributed by atoms with Crippen LogP contribution in [0.25, 0.3) is 22.9 Å². The molecule has 0 spiro atoms. The Balaban J connectivity index is 0.000000265. The van der Waals surface area contributed by atoms with Crippen LogP contribution in [0.15, 0.2) is 97.0 Å². The smallest absolute Gasteiger partial charge is 0.312 e. The van der Waals surface area contributed by atoms with Crippen molar-refractivity contribution in [3.63, 3.8) is 0 Å². The SMILES string of the molecule is CC(C)(C)C(F)(F)c1cc(-c2onc([C@@H](CCCO)CC(=O)Cc3ccc(Cl)cc3F)c2C(F)F)no1.CC(C)(C)C(F)(F)c1cc(-c2onc([C@@H](CCCOCc3ccccc3)CC(=O)Cc3ccc(Cl)cc3F)c2C(F)F)no1. The van der Waals surface area contributed by atoms with E-state index in [0.717, 1.165) is 29.8 Å². The number of alkyl halides is 8. The third kappa shape index (κ3) is 16.0. The molecule has 7 aromatic rings. The number of carbonyl (C=O) groups is 2. The van der Waals surface area contributed by atoms with Gasteiger partial charge in [0.1, 0.15) is 23.2 Å². The first-order valence-electron chi connectivity index (χ1n) is 25.4. The van der Waals surface area contributed by atoms with Crippen molar-refractivity contribution in [2.75, 3.05) is 13.2 Å². The van der Waals surface area contributed by atoms with E-state index in [4.69, 9.17) is 46.0 Å². The molecule has 0 aliphatic heterocycles. The molecule has 12 nitrogen and oxygen atoms in total. The van der Waals surface area contributed by atoms with Crippen molar-refractivity contribution in [1.29, 1.82) is 0 Å². The van der Waals surface area contributed by atoms with E-state index >= 15 is 0 Å². The van der Waals surface area contributed by atoms with E-state index in [0.29, 0.717) is 13.0 Å². The molecule has 4 heterocycles. The first-order valence-corrected chi connectivity index (χ1v) is 26.2. The Morgan fingerprint density at radius 3 is 1.40 bits per heavy atom. The topological polar surface area (TPSA) is 168 Å². The maximum atomic E-state index is 14.9. The molecular formula is C57H58Cl2F10N4O8. The summed E-state index contributed by atoms with van der Waals surface area (Å²) in [6.07, 6.45) is -6.67. The van der Waals surface area contributed by atoms with Gasteiger partial charge in [0.25, 0.3) is 12.9 Å². The van der Waals surface area contributed by atoms with E-state index < -0.39 is 110 Å². The summed E-state index contributed by atoms with van der Waals surface area (Å²) in [5, 5.41) is 24.2. The lowest BCUT2D eigenvalue weighted by Crippen LogP contribution is -2.30. The fraction of sp³-hybridized carbons (Fsp3) is 0.439. The lowest BCUT2D eigenvalue weighted by molar-refractivity contribution is -0.122. The summed E-state index contributed by atoms with van der Waals surface area (Å²) in [4.78, 5) is 25.8. The second-order valence-corrected chi connectivity index (χ2v) is 22.1. The van der Waals surface area contributed by atoms with Gasteiger partial charge in [-0.2, -0.15) is 17.6 Å². The zero-order valence-corrected chi connectivity index (χ0v) is 46.2. The summed E-state index contributed by atoms with van der Waals surface area (Å²) >= 11 is 11.5. The highest BCUT2D eigenvalue weighted by molar-refractivity contribution is 6.30. The largest absolute Gasteiger partial charge is 0.396 e. The first-order chi connectivity index (χ1) is 38.0. The molecular weight excluding hydrogens is 1130 g/mol. The summed E-state index contributed by atoms with van der Waals surface area (Å²) in [6, 6.07) is 18.8. The monoisotopic (exact) mass is 1190 g/mol. The molecule has 0 unspecified atom stereocenters. The average molecular weight is 1190 g/mol. The molecule has 0 amide bonds. The molecule has 1 N–H and O–H groups in total. The van der Waals surface area contributed by atoms with Crippen LogP contribution in [-0.4, -0.2) is 50.5 Å². The maximum Gasteiger partial charge on any atom is 0.312 e. The summed E-state index contributed by atoms with van der Waals surface area (Å²) in [5.74, 6) is -13.7. The van der Waals surface area contributed by atoms with Gasteiger partial charge in [0, 0.05) is 83.7 Å². The number of aliphatic hydroxyl groups is 1. The minimum Gasteiger partial charge on any atom is -0.396 e. The molecule has 3 aromatic carbocycles. The zero-order chi connectivity index (χ0) is 59.6. The van der Waals surface area contributed by atoms with Gasteiger partial charge in [-0.1, -0.05) is 128 Å². The predicted molar refractivity (Wildman–Crippen MR) is 277 cm³/mol. The second kappa shape index (κ2) is 27.1. The van der Waals surface area contributed by atoms with E-state index in [2.05, 4.69) is 20.6 Å². The number of hydrogen-bond donors (Lipinski definition) is 1. The summed E-state index contributed by atoms with van der Waals surface area (Å²) in [6.45, 7) is 8.06. The van der Waals surface area contributed by atoms with Crippen LogP contribution in [0.4, 0.5) is 43.9 Å². The molecule has 0 saturated carbocycles. The van der Waals surface area contributed by atoms with Gasteiger partial charge >= 0.3 is 11.8 Å². The quantitative estimate of drug-likeness (QED) is 0.0425. The number of benzene rings is 3. The van der Waals surface area contributed by atoms with E-state index in [1.165, 1.54) is 65.8 Å². The van der Waals surface area contributed by atoms with Crippen LogP contribution in [0.2, 0.25) is 10.0 Å². The number of hydrogen-bond acceptors (Lipinski definition) is 12. The minimum atomic E-state index is -3.46. The Morgan fingerprint density at radius 2 is 1.01 bits per heavy atom. The second-order valence-electron chi connectivity index (χ2n) is 21.3. The Hall–Kier alpha value is -6.36. The fourth-order valence-corrected chi connectivity index (χ4v) is 8.77. The highest BCUT2D eigenvalue weighted by Crippen LogP contribution is 2.48. The van der Waals surface area contributed by atoms with Gasteiger partial charge in [-0.3, -0.25) is 9.59 Å².